The van der Waals surface area contributed by atoms with E-state index in [1.165, 1.54) is 0 Å². The van der Waals surface area contributed by atoms with Crippen LogP contribution < -0.4 is 0 Å². The first-order valence-electron chi connectivity index (χ1n) is 5.66. The number of rotatable bonds is 7. The van der Waals surface area contributed by atoms with E-state index in [2.05, 4.69) is 15.9 Å². The van der Waals surface area contributed by atoms with E-state index in [0.29, 0.717) is 13.2 Å². The SMILES string of the molecule is CCC(COCc1ccccc1Br)CS(=O)(=O)Cl. The van der Waals surface area contributed by atoms with Crippen LogP contribution in [0.25, 0.3) is 0 Å². The molecule has 1 atom stereocenters. The normalized spacial score (nSPS) is 13.5. The average molecular weight is 356 g/mol. The second kappa shape index (κ2) is 7.48. The first-order valence-corrected chi connectivity index (χ1v) is 8.93. The molecule has 0 aliphatic carbocycles. The largest absolute Gasteiger partial charge is 0.376 e. The van der Waals surface area contributed by atoms with E-state index in [-0.39, 0.29) is 11.7 Å². The van der Waals surface area contributed by atoms with Gasteiger partial charge in [-0.3, -0.25) is 0 Å². The zero-order valence-electron chi connectivity index (χ0n) is 10.1. The monoisotopic (exact) mass is 354 g/mol. The summed E-state index contributed by atoms with van der Waals surface area (Å²) in [6.07, 6.45) is 0.724. The topological polar surface area (TPSA) is 43.4 Å². The molecular formula is C12H16BrClO3S. The van der Waals surface area contributed by atoms with Gasteiger partial charge < -0.3 is 4.74 Å². The van der Waals surface area contributed by atoms with Crippen molar-refractivity contribution in [2.75, 3.05) is 12.4 Å². The van der Waals surface area contributed by atoms with E-state index >= 15 is 0 Å². The van der Waals surface area contributed by atoms with Crippen molar-refractivity contribution in [1.82, 2.24) is 0 Å². The fourth-order valence-corrected chi connectivity index (χ4v) is 3.35. The van der Waals surface area contributed by atoms with Gasteiger partial charge in [0.2, 0.25) is 9.05 Å². The van der Waals surface area contributed by atoms with Crippen molar-refractivity contribution in [3.05, 3.63) is 34.3 Å². The number of ether oxygens (including phenoxy) is 1. The van der Waals surface area contributed by atoms with E-state index in [1.807, 2.05) is 31.2 Å². The van der Waals surface area contributed by atoms with Crippen molar-refractivity contribution in [2.24, 2.45) is 5.92 Å². The summed E-state index contributed by atoms with van der Waals surface area (Å²) in [5.74, 6) is -0.101. The lowest BCUT2D eigenvalue weighted by molar-refractivity contribution is 0.0916. The molecule has 3 nitrogen and oxygen atoms in total. The van der Waals surface area contributed by atoms with E-state index < -0.39 is 9.05 Å². The zero-order valence-corrected chi connectivity index (χ0v) is 13.3. The molecule has 0 spiro atoms. The van der Waals surface area contributed by atoms with Gasteiger partial charge in [0.05, 0.1) is 19.0 Å². The molecule has 0 radical (unpaired) electrons. The Hall–Kier alpha value is -0.100. The Balaban J connectivity index is 2.43. The van der Waals surface area contributed by atoms with Crippen LogP contribution in [0.15, 0.2) is 28.7 Å². The Morgan fingerprint density at radius 3 is 2.61 bits per heavy atom. The van der Waals surface area contributed by atoms with Gasteiger partial charge in [0.1, 0.15) is 0 Å². The Bertz CT molecular complexity index is 476. The molecule has 102 valence electrons. The fraction of sp³-hybridized carbons (Fsp3) is 0.500. The summed E-state index contributed by atoms with van der Waals surface area (Å²) >= 11 is 3.43. The molecule has 0 saturated heterocycles. The number of benzene rings is 1. The van der Waals surface area contributed by atoms with Crippen LogP contribution in [0.4, 0.5) is 0 Å². The third-order valence-electron chi connectivity index (χ3n) is 2.58. The maximum Gasteiger partial charge on any atom is 0.232 e. The van der Waals surface area contributed by atoms with Crippen molar-refractivity contribution in [2.45, 2.75) is 20.0 Å². The van der Waals surface area contributed by atoms with Crippen molar-refractivity contribution in [1.29, 1.82) is 0 Å². The molecule has 6 heteroatoms. The Kier molecular flexibility index (Phi) is 6.63. The smallest absolute Gasteiger partial charge is 0.232 e. The van der Waals surface area contributed by atoms with Gasteiger partial charge in [0.25, 0.3) is 0 Å². The lowest BCUT2D eigenvalue weighted by Gasteiger charge is -2.13. The summed E-state index contributed by atoms with van der Waals surface area (Å²) < 4.78 is 28.5. The highest BCUT2D eigenvalue weighted by molar-refractivity contribution is 9.10. The van der Waals surface area contributed by atoms with Gasteiger partial charge in [0.15, 0.2) is 0 Å². The van der Waals surface area contributed by atoms with Crippen LogP contribution in [-0.2, 0) is 20.4 Å². The van der Waals surface area contributed by atoms with E-state index in [9.17, 15) is 8.42 Å². The Morgan fingerprint density at radius 1 is 1.39 bits per heavy atom. The molecule has 0 saturated carbocycles. The minimum atomic E-state index is -3.46. The predicted octanol–water partition coefficient (Wildman–Crippen LogP) is 3.56. The summed E-state index contributed by atoms with van der Waals surface area (Å²) in [5.41, 5.74) is 1.04. The highest BCUT2D eigenvalue weighted by Gasteiger charge is 2.15. The van der Waals surface area contributed by atoms with Crippen molar-refractivity contribution in [3.8, 4) is 0 Å². The maximum absolute atomic E-state index is 11.0. The molecular weight excluding hydrogens is 340 g/mol. The maximum atomic E-state index is 11.0. The molecule has 0 N–H and O–H groups in total. The molecule has 1 rings (SSSR count). The van der Waals surface area contributed by atoms with E-state index in [1.54, 1.807) is 0 Å². The van der Waals surface area contributed by atoms with Gasteiger partial charge in [-0.1, -0.05) is 47.5 Å². The summed E-state index contributed by atoms with van der Waals surface area (Å²) in [6.45, 7) is 2.78. The second-order valence-electron chi connectivity index (χ2n) is 4.09. The van der Waals surface area contributed by atoms with E-state index in [4.69, 9.17) is 15.4 Å². The van der Waals surface area contributed by atoms with Crippen molar-refractivity contribution < 1.29 is 13.2 Å². The highest BCUT2D eigenvalue weighted by atomic mass is 79.9. The molecule has 0 aliphatic rings. The quantitative estimate of drug-likeness (QED) is 0.702. The lowest BCUT2D eigenvalue weighted by atomic mass is 10.1. The second-order valence-corrected chi connectivity index (χ2v) is 7.76. The minimum Gasteiger partial charge on any atom is -0.376 e. The Labute approximate surface area is 121 Å². The van der Waals surface area contributed by atoms with Crippen LogP contribution in [0.1, 0.15) is 18.9 Å². The van der Waals surface area contributed by atoms with Gasteiger partial charge in [-0.15, -0.1) is 0 Å². The molecule has 0 aromatic heterocycles. The molecule has 0 fully saturated rings. The lowest BCUT2D eigenvalue weighted by Crippen LogP contribution is -2.17. The summed E-state index contributed by atoms with van der Waals surface area (Å²) in [6, 6.07) is 7.77. The van der Waals surface area contributed by atoms with Gasteiger partial charge in [-0.2, -0.15) is 0 Å². The van der Waals surface area contributed by atoms with Gasteiger partial charge in [-0.05, 0) is 17.5 Å². The first-order chi connectivity index (χ1) is 8.42. The van der Waals surface area contributed by atoms with Gasteiger partial charge in [0, 0.05) is 15.2 Å². The molecule has 0 bridgehead atoms. The standard InChI is InChI=1S/C12H16BrClO3S/c1-2-10(9-18(14,15)16)7-17-8-11-5-3-4-6-12(11)13/h3-6,10H,2,7-9H2,1H3. The molecule has 1 aromatic carbocycles. The number of hydrogen-bond donors (Lipinski definition) is 0. The third kappa shape index (κ3) is 6.18. The van der Waals surface area contributed by atoms with Crippen LogP contribution in [-0.4, -0.2) is 20.8 Å². The summed E-state index contributed by atoms with van der Waals surface area (Å²) in [5, 5.41) is 0. The average Bonchev–Trinajstić information content (AvgIpc) is 2.28. The fourth-order valence-electron chi connectivity index (χ4n) is 1.52. The molecule has 0 aliphatic heterocycles. The van der Waals surface area contributed by atoms with Crippen LogP contribution in [0.3, 0.4) is 0 Å². The first kappa shape index (κ1) is 16.0. The molecule has 0 amide bonds. The van der Waals surface area contributed by atoms with Crippen molar-refractivity contribution in [3.63, 3.8) is 0 Å². The Morgan fingerprint density at radius 2 is 2.06 bits per heavy atom. The number of halogens is 2. The zero-order chi connectivity index (χ0) is 13.6. The number of hydrogen-bond acceptors (Lipinski definition) is 3. The molecule has 18 heavy (non-hydrogen) atoms. The van der Waals surface area contributed by atoms with Crippen molar-refractivity contribution >= 4 is 35.7 Å². The van der Waals surface area contributed by atoms with Gasteiger partial charge >= 0.3 is 0 Å². The summed E-state index contributed by atoms with van der Waals surface area (Å²) in [4.78, 5) is 0. The van der Waals surface area contributed by atoms with Crippen LogP contribution >= 0.6 is 26.6 Å². The van der Waals surface area contributed by atoms with Crippen LogP contribution in [0, 0.1) is 5.92 Å². The molecule has 1 aromatic rings. The van der Waals surface area contributed by atoms with E-state index in [0.717, 1.165) is 16.5 Å². The van der Waals surface area contributed by atoms with Crippen LogP contribution in [0.5, 0.6) is 0 Å². The summed E-state index contributed by atoms with van der Waals surface area (Å²) in [7, 11) is 1.78. The van der Waals surface area contributed by atoms with Gasteiger partial charge in [-0.25, -0.2) is 8.42 Å². The van der Waals surface area contributed by atoms with Crippen LogP contribution in [0.2, 0.25) is 0 Å². The molecule has 0 heterocycles. The highest BCUT2D eigenvalue weighted by Crippen LogP contribution is 2.18. The predicted molar refractivity (Wildman–Crippen MR) is 77.2 cm³/mol. The third-order valence-corrected chi connectivity index (χ3v) is 4.60. The minimum absolute atomic E-state index is 0.0407. The molecule has 1 unspecified atom stereocenters.